The molecule has 2 N–H and O–H groups in total. The van der Waals surface area contributed by atoms with E-state index in [4.69, 9.17) is 33.5 Å². The first kappa shape index (κ1) is 28.3. The van der Waals surface area contributed by atoms with Crippen molar-refractivity contribution < 1.29 is 32.3 Å². The number of phosphoric ester groups is 1. The third kappa shape index (κ3) is 5.93. The quantitative estimate of drug-likeness (QED) is 0.244. The van der Waals surface area contributed by atoms with Gasteiger partial charge in [0.25, 0.3) is 0 Å². The third-order valence-corrected chi connectivity index (χ3v) is 8.07. The Labute approximate surface area is 232 Å². The van der Waals surface area contributed by atoms with Crippen molar-refractivity contribution in [1.29, 1.82) is 0 Å². The molecule has 13 heteroatoms. The zero-order valence-electron chi connectivity index (χ0n) is 22.5. The molecule has 4 atom stereocenters. The van der Waals surface area contributed by atoms with Crippen LogP contribution in [-0.4, -0.2) is 58.2 Å². The van der Waals surface area contributed by atoms with Gasteiger partial charge in [-0.3, -0.25) is 18.1 Å². The van der Waals surface area contributed by atoms with E-state index >= 15 is 0 Å². The highest BCUT2D eigenvalue weighted by molar-refractivity contribution is 7.48. The second-order valence-electron chi connectivity index (χ2n) is 9.50. The van der Waals surface area contributed by atoms with Crippen molar-refractivity contribution in [2.45, 2.75) is 44.2 Å². The van der Waals surface area contributed by atoms with Crippen LogP contribution in [0, 0.1) is 0 Å². The highest BCUT2D eigenvalue weighted by atomic mass is 31.2. The van der Waals surface area contributed by atoms with Gasteiger partial charge in [0.15, 0.2) is 17.7 Å². The third-order valence-electron chi connectivity index (χ3n) is 6.73. The number of benzene rings is 2. The molecule has 12 nitrogen and oxygen atoms in total. The zero-order valence-corrected chi connectivity index (χ0v) is 23.3. The Bertz CT molecular complexity index is 1410. The minimum Gasteiger partial charge on any atom is -0.382 e. The summed E-state index contributed by atoms with van der Waals surface area (Å²) in [6.07, 6.45) is 0.978. The van der Waals surface area contributed by atoms with E-state index in [0.717, 1.165) is 11.1 Å². The van der Waals surface area contributed by atoms with Crippen molar-refractivity contribution in [2.75, 3.05) is 26.6 Å². The van der Waals surface area contributed by atoms with Crippen LogP contribution in [0.5, 0.6) is 0 Å². The SMILES string of the molecule is COC1C(n2cnc3c(N)ncnc32)O[C@](C)(COP(=O)(OCc2ccccc2)OCc2ccccc2)[C@@H]1OC. The fourth-order valence-electron chi connectivity index (χ4n) is 4.69. The summed E-state index contributed by atoms with van der Waals surface area (Å²) < 4.78 is 51.2. The van der Waals surface area contributed by atoms with Crippen LogP contribution < -0.4 is 5.73 Å². The van der Waals surface area contributed by atoms with Crippen molar-refractivity contribution in [3.63, 3.8) is 0 Å². The Hall–Kier alpha value is -3.22. The van der Waals surface area contributed by atoms with Gasteiger partial charge in [-0.2, -0.15) is 0 Å². The number of ether oxygens (including phenoxy) is 3. The topological polar surface area (TPSA) is 142 Å². The summed E-state index contributed by atoms with van der Waals surface area (Å²) in [5, 5.41) is 0. The maximum absolute atomic E-state index is 13.9. The lowest BCUT2D eigenvalue weighted by Gasteiger charge is -2.31. The van der Waals surface area contributed by atoms with Crippen molar-refractivity contribution in [3.8, 4) is 0 Å². The first-order valence-electron chi connectivity index (χ1n) is 12.6. The molecule has 2 unspecified atom stereocenters. The number of imidazole rings is 1. The van der Waals surface area contributed by atoms with E-state index in [1.807, 2.05) is 60.7 Å². The van der Waals surface area contributed by atoms with Crippen LogP contribution in [0.2, 0.25) is 0 Å². The molecule has 1 saturated heterocycles. The fraction of sp³-hybridized carbons (Fsp3) is 0.370. The van der Waals surface area contributed by atoms with Crippen LogP contribution in [-0.2, 0) is 45.6 Å². The Balaban J connectivity index is 1.37. The second kappa shape index (κ2) is 12.1. The number of nitrogens with zero attached hydrogens (tertiary/aromatic N) is 4. The molecule has 0 amide bonds. The smallest absolute Gasteiger partial charge is 0.382 e. The van der Waals surface area contributed by atoms with Crippen molar-refractivity contribution >= 4 is 24.8 Å². The summed E-state index contributed by atoms with van der Waals surface area (Å²) in [6.45, 7) is 1.66. The summed E-state index contributed by atoms with van der Waals surface area (Å²) in [7, 11) is -0.968. The predicted molar refractivity (Wildman–Crippen MR) is 146 cm³/mol. The highest BCUT2D eigenvalue weighted by Crippen LogP contribution is 2.53. The maximum Gasteiger partial charge on any atom is 0.475 e. The maximum atomic E-state index is 13.9. The fourth-order valence-corrected chi connectivity index (χ4v) is 5.95. The van der Waals surface area contributed by atoms with Crippen molar-refractivity contribution in [1.82, 2.24) is 19.5 Å². The molecule has 1 aliphatic rings. The van der Waals surface area contributed by atoms with E-state index in [9.17, 15) is 4.57 Å². The van der Waals surface area contributed by atoms with Gasteiger partial charge < -0.3 is 19.9 Å². The normalized spacial score (nSPS) is 23.1. The minimum absolute atomic E-state index is 0.0314. The number of anilines is 1. The summed E-state index contributed by atoms with van der Waals surface area (Å²) in [5.41, 5.74) is 7.40. The molecular weight excluding hydrogens is 537 g/mol. The lowest BCUT2D eigenvalue weighted by Crippen LogP contribution is -2.46. The van der Waals surface area contributed by atoms with E-state index in [1.54, 1.807) is 32.0 Å². The molecule has 5 rings (SSSR count). The standard InChI is InChI=1S/C27H32N5O7P/c1-27(23(35-3)22(34-2)26(39-27)32-18-31-21-24(28)29-17-30-25(21)32)16-38-40(33,36-14-19-10-6-4-7-11-19)37-15-20-12-8-5-9-13-20/h4-13,17-18,22-23,26H,14-16H2,1-3H3,(H2,28,29,30)/t22?,23-,26?,27-/m1/s1. The van der Waals surface area contributed by atoms with Gasteiger partial charge in [0, 0.05) is 14.2 Å². The molecule has 1 fully saturated rings. The Morgan fingerprint density at radius 1 is 0.925 bits per heavy atom. The van der Waals surface area contributed by atoms with E-state index in [0.29, 0.717) is 11.2 Å². The van der Waals surface area contributed by atoms with E-state index in [1.165, 1.54) is 6.33 Å². The van der Waals surface area contributed by atoms with Crippen molar-refractivity contribution in [2.24, 2.45) is 0 Å². The summed E-state index contributed by atoms with van der Waals surface area (Å²) in [5.74, 6) is 0.247. The van der Waals surface area contributed by atoms with Crippen LogP contribution in [0.15, 0.2) is 73.3 Å². The molecular formula is C27H32N5O7P. The largest absolute Gasteiger partial charge is 0.475 e. The van der Waals surface area contributed by atoms with Gasteiger partial charge in [0.1, 0.15) is 29.7 Å². The molecule has 1 aliphatic heterocycles. The van der Waals surface area contributed by atoms with Gasteiger partial charge in [0.05, 0.1) is 26.1 Å². The molecule has 0 radical (unpaired) electrons. The van der Waals surface area contributed by atoms with Gasteiger partial charge >= 0.3 is 7.82 Å². The first-order chi connectivity index (χ1) is 19.4. The van der Waals surface area contributed by atoms with Gasteiger partial charge in [-0.15, -0.1) is 0 Å². The van der Waals surface area contributed by atoms with Gasteiger partial charge in [0.2, 0.25) is 0 Å². The molecule has 0 spiro atoms. The number of methoxy groups -OCH3 is 2. The average Bonchev–Trinajstić information content (AvgIpc) is 3.54. The Morgan fingerprint density at radius 2 is 1.55 bits per heavy atom. The first-order valence-corrected chi connectivity index (χ1v) is 14.1. The van der Waals surface area contributed by atoms with Crippen LogP contribution >= 0.6 is 7.82 Å². The Morgan fingerprint density at radius 3 is 2.12 bits per heavy atom. The molecule has 212 valence electrons. The zero-order chi connectivity index (χ0) is 28.2. The molecule has 0 bridgehead atoms. The molecule has 0 aliphatic carbocycles. The lowest BCUT2D eigenvalue weighted by molar-refractivity contribution is -0.122. The van der Waals surface area contributed by atoms with Crippen LogP contribution in [0.3, 0.4) is 0 Å². The predicted octanol–water partition coefficient (Wildman–Crippen LogP) is 4.28. The van der Waals surface area contributed by atoms with Crippen LogP contribution in [0.4, 0.5) is 5.82 Å². The monoisotopic (exact) mass is 569 g/mol. The minimum atomic E-state index is -4.07. The number of nitrogen functional groups attached to an aromatic ring is 1. The van der Waals surface area contributed by atoms with E-state index in [-0.39, 0.29) is 25.6 Å². The molecule has 2 aromatic heterocycles. The Kier molecular flexibility index (Phi) is 8.57. The number of hydrogen-bond acceptors (Lipinski definition) is 11. The number of hydrogen-bond donors (Lipinski definition) is 1. The highest BCUT2D eigenvalue weighted by Gasteiger charge is 2.55. The summed E-state index contributed by atoms with van der Waals surface area (Å²) in [4.78, 5) is 12.7. The van der Waals surface area contributed by atoms with E-state index in [2.05, 4.69) is 15.0 Å². The average molecular weight is 570 g/mol. The molecule has 2 aromatic carbocycles. The number of phosphoric acid groups is 1. The van der Waals surface area contributed by atoms with Crippen LogP contribution in [0.25, 0.3) is 11.2 Å². The summed E-state index contributed by atoms with van der Waals surface area (Å²) >= 11 is 0. The van der Waals surface area contributed by atoms with Crippen molar-refractivity contribution in [3.05, 3.63) is 84.4 Å². The van der Waals surface area contributed by atoms with Gasteiger partial charge in [-0.25, -0.2) is 19.5 Å². The van der Waals surface area contributed by atoms with Gasteiger partial charge in [-0.1, -0.05) is 60.7 Å². The lowest BCUT2D eigenvalue weighted by atomic mass is 9.98. The molecule has 3 heterocycles. The number of rotatable bonds is 12. The molecule has 40 heavy (non-hydrogen) atoms. The summed E-state index contributed by atoms with van der Waals surface area (Å²) in [6, 6.07) is 18.7. The second-order valence-corrected chi connectivity index (χ2v) is 11.2. The molecule has 4 aromatic rings. The van der Waals surface area contributed by atoms with E-state index < -0.39 is 31.9 Å². The van der Waals surface area contributed by atoms with Crippen LogP contribution in [0.1, 0.15) is 24.3 Å². The number of aromatic nitrogens is 4. The van der Waals surface area contributed by atoms with Gasteiger partial charge in [-0.05, 0) is 18.1 Å². The number of fused-ring (bicyclic) bond motifs is 1. The number of nitrogens with two attached hydrogens (primary N) is 1. The molecule has 0 saturated carbocycles.